The van der Waals surface area contributed by atoms with Crippen molar-refractivity contribution < 1.29 is 5.21 Å². The number of oxime groups is 1. The number of likely N-dealkylation sites (N-methyl/N-ethyl adjacent to an activating group) is 1. The predicted octanol–water partition coefficient (Wildman–Crippen LogP) is 1.08. The van der Waals surface area contributed by atoms with Crippen LogP contribution in [-0.2, 0) is 6.54 Å². The fraction of sp³-hybridized carbons (Fsp3) is 0.200. The second-order valence-electron chi connectivity index (χ2n) is 4.69. The minimum Gasteiger partial charge on any atom is -0.409 e. The van der Waals surface area contributed by atoms with E-state index in [2.05, 4.69) is 5.16 Å². The number of nitrogens with zero attached hydrogens (tertiary/aromatic N) is 3. The molecule has 0 fully saturated rings. The van der Waals surface area contributed by atoms with Crippen LogP contribution in [-0.4, -0.2) is 29.2 Å². The first kappa shape index (κ1) is 14.6. The largest absolute Gasteiger partial charge is 0.409 e. The lowest BCUT2D eigenvalue weighted by molar-refractivity contribution is 0.318. The zero-order valence-corrected chi connectivity index (χ0v) is 11.8. The van der Waals surface area contributed by atoms with Crippen molar-refractivity contribution in [1.82, 2.24) is 4.57 Å². The molecule has 0 amide bonds. The Kier molecular flexibility index (Phi) is 4.61. The summed E-state index contributed by atoms with van der Waals surface area (Å²) in [6.07, 6.45) is 1.77. The van der Waals surface area contributed by atoms with Crippen LogP contribution >= 0.6 is 0 Å². The van der Waals surface area contributed by atoms with Crippen LogP contribution in [0, 0.1) is 0 Å². The van der Waals surface area contributed by atoms with Crippen LogP contribution < -0.4 is 16.2 Å². The molecular weight excluding hydrogens is 268 g/mol. The highest BCUT2D eigenvalue weighted by molar-refractivity contribution is 5.97. The Hall–Kier alpha value is -2.76. The Morgan fingerprint density at radius 2 is 2.14 bits per heavy atom. The summed E-state index contributed by atoms with van der Waals surface area (Å²) < 4.78 is 1.66. The highest BCUT2D eigenvalue weighted by atomic mass is 16.4. The van der Waals surface area contributed by atoms with E-state index in [0.29, 0.717) is 18.7 Å². The fourth-order valence-electron chi connectivity index (χ4n) is 1.99. The molecular formula is C15H18N4O2. The van der Waals surface area contributed by atoms with E-state index in [1.165, 1.54) is 0 Å². The number of hydrogen-bond acceptors (Lipinski definition) is 4. The van der Waals surface area contributed by atoms with E-state index in [0.717, 1.165) is 5.69 Å². The van der Waals surface area contributed by atoms with Gasteiger partial charge in [-0.2, -0.15) is 0 Å². The molecule has 21 heavy (non-hydrogen) atoms. The number of rotatable bonds is 5. The third-order valence-electron chi connectivity index (χ3n) is 3.27. The maximum atomic E-state index is 11.6. The van der Waals surface area contributed by atoms with Crippen molar-refractivity contribution in [2.45, 2.75) is 6.54 Å². The maximum Gasteiger partial charge on any atom is 0.250 e. The molecule has 0 unspecified atom stereocenters. The van der Waals surface area contributed by atoms with Gasteiger partial charge in [-0.3, -0.25) is 4.79 Å². The molecule has 6 heteroatoms. The van der Waals surface area contributed by atoms with Gasteiger partial charge in [-0.25, -0.2) is 0 Å². The topological polar surface area (TPSA) is 83.9 Å². The molecule has 2 rings (SSSR count). The molecule has 1 heterocycles. The summed E-state index contributed by atoms with van der Waals surface area (Å²) in [7, 11) is 1.93. The molecule has 3 N–H and O–H groups in total. The molecule has 2 aromatic rings. The monoisotopic (exact) mass is 286 g/mol. The van der Waals surface area contributed by atoms with Crippen molar-refractivity contribution in [2.24, 2.45) is 10.9 Å². The first-order valence-corrected chi connectivity index (χ1v) is 6.56. The molecule has 0 aliphatic heterocycles. The van der Waals surface area contributed by atoms with E-state index in [4.69, 9.17) is 10.9 Å². The molecule has 0 bridgehead atoms. The number of benzene rings is 1. The summed E-state index contributed by atoms with van der Waals surface area (Å²) in [6.45, 7) is 1.26. The van der Waals surface area contributed by atoms with E-state index < -0.39 is 0 Å². The molecule has 6 nitrogen and oxygen atoms in total. The normalized spacial score (nSPS) is 11.4. The number of aromatic nitrogens is 1. The second-order valence-corrected chi connectivity index (χ2v) is 4.69. The molecule has 0 radical (unpaired) electrons. The van der Waals surface area contributed by atoms with Crippen LogP contribution in [0.15, 0.2) is 58.6 Å². The van der Waals surface area contributed by atoms with Crippen molar-refractivity contribution in [3.8, 4) is 0 Å². The average molecular weight is 286 g/mol. The lowest BCUT2D eigenvalue weighted by atomic mass is 10.2. The number of nitrogens with two attached hydrogens (primary N) is 1. The Morgan fingerprint density at radius 1 is 1.33 bits per heavy atom. The van der Waals surface area contributed by atoms with Crippen molar-refractivity contribution in [1.29, 1.82) is 0 Å². The Morgan fingerprint density at radius 3 is 2.86 bits per heavy atom. The highest BCUT2D eigenvalue weighted by Crippen LogP contribution is 2.14. The van der Waals surface area contributed by atoms with Gasteiger partial charge in [0, 0.05) is 43.7 Å². The third-order valence-corrected chi connectivity index (χ3v) is 3.27. The van der Waals surface area contributed by atoms with E-state index in [9.17, 15) is 4.79 Å². The Labute approximate surface area is 122 Å². The fourth-order valence-corrected chi connectivity index (χ4v) is 1.99. The predicted molar refractivity (Wildman–Crippen MR) is 82.9 cm³/mol. The molecule has 110 valence electrons. The standard InChI is InChI=1S/C15H18N4O2/c1-18(9-10-19-8-3-2-7-14(19)20)13-6-4-5-12(11-13)15(16)17-21/h2-8,11,21H,9-10H2,1H3,(H2,16,17). The highest BCUT2D eigenvalue weighted by Gasteiger charge is 2.05. The molecule has 0 aliphatic carbocycles. The van der Waals surface area contributed by atoms with Gasteiger partial charge in [0.25, 0.3) is 5.56 Å². The molecule has 0 atom stereocenters. The van der Waals surface area contributed by atoms with Gasteiger partial charge < -0.3 is 20.4 Å². The van der Waals surface area contributed by atoms with Gasteiger partial charge in [-0.05, 0) is 18.2 Å². The van der Waals surface area contributed by atoms with Gasteiger partial charge in [0.05, 0.1) is 0 Å². The van der Waals surface area contributed by atoms with Gasteiger partial charge in [0.15, 0.2) is 5.84 Å². The number of hydrogen-bond donors (Lipinski definition) is 2. The van der Waals surface area contributed by atoms with Crippen molar-refractivity contribution in [3.05, 3.63) is 64.6 Å². The summed E-state index contributed by atoms with van der Waals surface area (Å²) in [5.74, 6) is 0.0736. The van der Waals surface area contributed by atoms with Crippen molar-refractivity contribution >= 4 is 11.5 Å². The lowest BCUT2D eigenvalue weighted by Crippen LogP contribution is -2.27. The van der Waals surface area contributed by atoms with E-state index in [-0.39, 0.29) is 11.4 Å². The molecule has 0 aliphatic rings. The third kappa shape index (κ3) is 3.62. The SMILES string of the molecule is CN(CCn1ccccc1=O)c1cccc(/C(N)=N/O)c1. The maximum absolute atomic E-state index is 11.6. The Balaban J connectivity index is 2.09. The van der Waals surface area contributed by atoms with Gasteiger partial charge in [0.2, 0.25) is 0 Å². The van der Waals surface area contributed by atoms with Crippen LogP contribution in [0.3, 0.4) is 0 Å². The molecule has 0 saturated heterocycles. The van der Waals surface area contributed by atoms with Gasteiger partial charge in [-0.15, -0.1) is 0 Å². The van der Waals surface area contributed by atoms with E-state index in [1.54, 1.807) is 29.0 Å². The van der Waals surface area contributed by atoms with Gasteiger partial charge >= 0.3 is 0 Å². The van der Waals surface area contributed by atoms with Gasteiger partial charge in [-0.1, -0.05) is 23.4 Å². The number of anilines is 1. The molecule has 0 saturated carbocycles. The van der Waals surface area contributed by atoms with Crippen LogP contribution in [0.5, 0.6) is 0 Å². The number of amidine groups is 1. The summed E-state index contributed by atoms with van der Waals surface area (Å²) in [5.41, 5.74) is 7.15. The quantitative estimate of drug-likeness (QED) is 0.373. The zero-order valence-electron chi connectivity index (χ0n) is 11.8. The summed E-state index contributed by atoms with van der Waals surface area (Å²) in [4.78, 5) is 13.6. The Bertz CT molecular complexity index is 694. The van der Waals surface area contributed by atoms with Crippen LogP contribution in [0.4, 0.5) is 5.69 Å². The van der Waals surface area contributed by atoms with Crippen LogP contribution in [0.1, 0.15) is 5.56 Å². The van der Waals surface area contributed by atoms with Crippen molar-refractivity contribution in [3.63, 3.8) is 0 Å². The summed E-state index contributed by atoms with van der Waals surface area (Å²) in [6, 6.07) is 12.5. The van der Waals surface area contributed by atoms with E-state index >= 15 is 0 Å². The lowest BCUT2D eigenvalue weighted by Gasteiger charge is -2.20. The summed E-state index contributed by atoms with van der Waals surface area (Å²) in [5, 5.41) is 11.7. The van der Waals surface area contributed by atoms with Crippen molar-refractivity contribution in [2.75, 3.05) is 18.5 Å². The summed E-state index contributed by atoms with van der Waals surface area (Å²) >= 11 is 0. The first-order valence-electron chi connectivity index (χ1n) is 6.56. The smallest absolute Gasteiger partial charge is 0.250 e. The van der Waals surface area contributed by atoms with Crippen LogP contribution in [0.2, 0.25) is 0 Å². The first-order chi connectivity index (χ1) is 10.1. The minimum absolute atomic E-state index is 0.0173. The minimum atomic E-state index is -0.0173. The molecule has 0 spiro atoms. The molecule has 1 aromatic carbocycles. The van der Waals surface area contributed by atoms with E-state index in [1.807, 2.05) is 36.2 Å². The second kappa shape index (κ2) is 6.60. The number of pyridine rings is 1. The van der Waals surface area contributed by atoms with Crippen LogP contribution in [0.25, 0.3) is 0 Å². The van der Waals surface area contributed by atoms with Gasteiger partial charge in [0.1, 0.15) is 0 Å². The average Bonchev–Trinajstić information content (AvgIpc) is 2.53. The molecule has 1 aromatic heterocycles. The zero-order chi connectivity index (χ0) is 15.2.